The second-order valence-corrected chi connectivity index (χ2v) is 5.25. The van der Waals surface area contributed by atoms with Gasteiger partial charge in [0.15, 0.2) is 0 Å². The van der Waals surface area contributed by atoms with Gasteiger partial charge >= 0.3 is 0 Å². The van der Waals surface area contributed by atoms with Crippen LogP contribution in [0.2, 0.25) is 0 Å². The van der Waals surface area contributed by atoms with Gasteiger partial charge < -0.3 is 9.84 Å². The van der Waals surface area contributed by atoms with Crippen LogP contribution in [0.5, 0.6) is 11.5 Å². The van der Waals surface area contributed by atoms with Crippen LogP contribution in [-0.2, 0) is 6.42 Å². The molecule has 0 bridgehead atoms. The van der Waals surface area contributed by atoms with E-state index in [1.807, 2.05) is 12.1 Å². The highest BCUT2D eigenvalue weighted by Crippen LogP contribution is 2.33. The van der Waals surface area contributed by atoms with Gasteiger partial charge in [0.1, 0.15) is 18.1 Å². The molecule has 1 aromatic rings. The summed E-state index contributed by atoms with van der Waals surface area (Å²) in [6.45, 7) is 8.43. The molecule has 0 aromatic heterocycles. The van der Waals surface area contributed by atoms with Crippen LogP contribution >= 0.6 is 0 Å². The summed E-state index contributed by atoms with van der Waals surface area (Å²) < 4.78 is 5.79. The van der Waals surface area contributed by atoms with Crippen LogP contribution in [0, 0.1) is 0 Å². The lowest BCUT2D eigenvalue weighted by molar-refractivity contribution is 0.0916. The molecule has 0 saturated carbocycles. The van der Waals surface area contributed by atoms with Gasteiger partial charge in [-0.05, 0) is 45.4 Å². The van der Waals surface area contributed by atoms with Crippen LogP contribution in [0.3, 0.4) is 0 Å². The maximum Gasteiger partial charge on any atom is 0.126 e. The highest BCUT2D eigenvalue weighted by molar-refractivity contribution is 5.45. The quantitative estimate of drug-likeness (QED) is 0.890. The van der Waals surface area contributed by atoms with E-state index in [1.165, 1.54) is 0 Å². The van der Waals surface area contributed by atoms with Gasteiger partial charge in [0.05, 0.1) is 0 Å². The molecule has 0 aliphatic carbocycles. The first-order valence-electron chi connectivity index (χ1n) is 6.82. The zero-order valence-corrected chi connectivity index (χ0v) is 11.5. The molecule has 0 radical (unpaired) electrons. The molecule has 1 N–H and O–H groups in total. The molecule has 100 valence electrons. The Hall–Kier alpha value is -1.22. The summed E-state index contributed by atoms with van der Waals surface area (Å²) in [4.78, 5) is 2.47. The maximum absolute atomic E-state index is 9.93. The number of benzene rings is 1. The van der Waals surface area contributed by atoms with Gasteiger partial charge in [0.25, 0.3) is 0 Å². The number of nitrogens with zero attached hydrogens (tertiary/aromatic N) is 1. The Balaban J connectivity index is 2.17. The van der Waals surface area contributed by atoms with Gasteiger partial charge in [0, 0.05) is 17.6 Å². The second kappa shape index (κ2) is 5.61. The number of ether oxygens (including phenoxy) is 1. The summed E-state index contributed by atoms with van der Waals surface area (Å²) in [5.41, 5.74) is 0.954. The lowest BCUT2D eigenvalue weighted by atomic mass is 9.99. The van der Waals surface area contributed by atoms with E-state index in [1.54, 1.807) is 6.07 Å². The van der Waals surface area contributed by atoms with Gasteiger partial charge in [0.2, 0.25) is 0 Å². The molecule has 1 aromatic carbocycles. The molecular formula is C15H23NO2. The first kappa shape index (κ1) is 13.2. The van der Waals surface area contributed by atoms with Gasteiger partial charge in [-0.25, -0.2) is 0 Å². The lowest BCUT2D eigenvalue weighted by Crippen LogP contribution is -2.47. The predicted molar refractivity (Wildman–Crippen MR) is 73.2 cm³/mol. The number of hydrogen-bond donors (Lipinski definition) is 1. The fourth-order valence-corrected chi connectivity index (χ4v) is 2.71. The molecule has 3 nitrogen and oxygen atoms in total. The first-order chi connectivity index (χ1) is 8.63. The minimum absolute atomic E-state index is 0.359. The Kier molecular flexibility index (Phi) is 4.12. The van der Waals surface area contributed by atoms with Crippen molar-refractivity contribution >= 4 is 0 Å². The maximum atomic E-state index is 9.93. The zero-order chi connectivity index (χ0) is 13.1. The molecule has 0 amide bonds. The van der Waals surface area contributed by atoms with E-state index in [2.05, 4.69) is 25.7 Å². The molecule has 2 rings (SSSR count). The number of phenols is 1. The highest BCUT2D eigenvalue weighted by Gasteiger charge is 2.28. The molecule has 0 spiro atoms. The van der Waals surface area contributed by atoms with Crippen LogP contribution in [0.4, 0.5) is 0 Å². The summed E-state index contributed by atoms with van der Waals surface area (Å²) >= 11 is 0. The number of aromatic hydroxyl groups is 1. The standard InChI is InChI=1S/C15H23NO2/c1-4-8-16(11(2)3)12-9-13-14(17)6-5-7-15(13)18-10-12/h5-7,11-12,17H,4,8-10H2,1-3H3. The van der Waals surface area contributed by atoms with Crippen LogP contribution in [0.15, 0.2) is 18.2 Å². The topological polar surface area (TPSA) is 32.7 Å². The number of rotatable bonds is 4. The van der Waals surface area contributed by atoms with Gasteiger partial charge in [-0.2, -0.15) is 0 Å². The second-order valence-electron chi connectivity index (χ2n) is 5.25. The smallest absolute Gasteiger partial charge is 0.126 e. The molecule has 0 fully saturated rings. The van der Waals surface area contributed by atoms with E-state index in [9.17, 15) is 5.11 Å². The lowest BCUT2D eigenvalue weighted by Gasteiger charge is -2.37. The predicted octanol–water partition coefficient (Wildman–Crippen LogP) is 2.82. The van der Waals surface area contributed by atoms with Crippen molar-refractivity contribution in [3.05, 3.63) is 23.8 Å². The average Bonchev–Trinajstić information content (AvgIpc) is 2.36. The van der Waals surface area contributed by atoms with Crippen molar-refractivity contribution in [3.8, 4) is 11.5 Å². The number of fused-ring (bicyclic) bond motifs is 1. The number of phenolic OH excluding ortho intramolecular Hbond substituents is 1. The van der Waals surface area contributed by atoms with E-state index < -0.39 is 0 Å². The molecule has 1 heterocycles. The number of hydrogen-bond acceptors (Lipinski definition) is 3. The SMILES string of the molecule is CCCN(C(C)C)C1COc2cccc(O)c2C1. The monoisotopic (exact) mass is 249 g/mol. The Morgan fingerprint density at radius 2 is 2.22 bits per heavy atom. The molecule has 3 heteroatoms. The third kappa shape index (κ3) is 2.61. The molecule has 1 aliphatic heterocycles. The summed E-state index contributed by atoms with van der Waals surface area (Å²) in [5, 5.41) is 9.93. The summed E-state index contributed by atoms with van der Waals surface area (Å²) in [7, 11) is 0. The minimum Gasteiger partial charge on any atom is -0.508 e. The molecule has 1 aliphatic rings. The van der Waals surface area contributed by atoms with Crippen molar-refractivity contribution in [2.45, 2.75) is 45.7 Å². The van der Waals surface area contributed by atoms with E-state index >= 15 is 0 Å². The van der Waals surface area contributed by atoms with Crippen molar-refractivity contribution in [3.63, 3.8) is 0 Å². The first-order valence-corrected chi connectivity index (χ1v) is 6.82. The molecule has 18 heavy (non-hydrogen) atoms. The molecular weight excluding hydrogens is 226 g/mol. The van der Waals surface area contributed by atoms with Crippen molar-refractivity contribution in [2.24, 2.45) is 0 Å². The van der Waals surface area contributed by atoms with Crippen molar-refractivity contribution in [2.75, 3.05) is 13.2 Å². The van der Waals surface area contributed by atoms with Crippen molar-refractivity contribution in [1.29, 1.82) is 0 Å². The minimum atomic E-state index is 0.359. The van der Waals surface area contributed by atoms with Gasteiger partial charge in [-0.3, -0.25) is 4.90 Å². The van der Waals surface area contributed by atoms with Gasteiger partial charge in [-0.15, -0.1) is 0 Å². The zero-order valence-electron chi connectivity index (χ0n) is 11.5. The Morgan fingerprint density at radius 1 is 1.44 bits per heavy atom. The van der Waals surface area contributed by atoms with E-state index in [0.717, 1.165) is 30.7 Å². The summed E-state index contributed by atoms with van der Waals surface area (Å²) in [6, 6.07) is 6.38. The molecule has 1 atom stereocenters. The normalized spacial score (nSPS) is 18.8. The third-order valence-electron chi connectivity index (χ3n) is 3.59. The summed E-state index contributed by atoms with van der Waals surface area (Å²) in [5.74, 6) is 1.20. The van der Waals surface area contributed by atoms with Crippen LogP contribution in [0.25, 0.3) is 0 Å². The highest BCUT2D eigenvalue weighted by atomic mass is 16.5. The fraction of sp³-hybridized carbons (Fsp3) is 0.600. The molecule has 0 saturated heterocycles. The van der Waals surface area contributed by atoms with Crippen molar-refractivity contribution in [1.82, 2.24) is 4.90 Å². The fourth-order valence-electron chi connectivity index (χ4n) is 2.71. The largest absolute Gasteiger partial charge is 0.508 e. The Labute approximate surface area is 109 Å². The van der Waals surface area contributed by atoms with Crippen molar-refractivity contribution < 1.29 is 9.84 Å². The van der Waals surface area contributed by atoms with Crippen LogP contribution in [-0.4, -0.2) is 35.2 Å². The van der Waals surface area contributed by atoms with E-state index in [-0.39, 0.29) is 0 Å². The van der Waals surface area contributed by atoms with E-state index in [0.29, 0.717) is 24.4 Å². The van der Waals surface area contributed by atoms with Gasteiger partial charge in [-0.1, -0.05) is 13.0 Å². The van der Waals surface area contributed by atoms with Crippen LogP contribution in [0.1, 0.15) is 32.8 Å². The average molecular weight is 249 g/mol. The van der Waals surface area contributed by atoms with E-state index in [4.69, 9.17) is 4.74 Å². The summed E-state index contributed by atoms with van der Waals surface area (Å²) in [6.07, 6.45) is 2.02. The van der Waals surface area contributed by atoms with Crippen LogP contribution < -0.4 is 4.74 Å². The third-order valence-corrected chi connectivity index (χ3v) is 3.59. The Bertz CT molecular complexity index is 403. The molecule has 1 unspecified atom stereocenters. The Morgan fingerprint density at radius 3 is 2.89 bits per heavy atom.